The molecular formula is C42H55N5O10S. The molecule has 58 heavy (non-hydrogen) atoms. The molecule has 15 nitrogen and oxygen atoms in total. The van der Waals surface area contributed by atoms with E-state index in [9.17, 15) is 27.6 Å². The Morgan fingerprint density at radius 1 is 1.03 bits per heavy atom. The molecule has 4 bridgehead atoms. The third kappa shape index (κ3) is 8.04. The molecule has 3 heterocycles. The number of nitrogens with zero attached hydrogens (tertiary/aromatic N) is 2. The molecule has 4 amide bonds. The minimum atomic E-state index is -3.90. The first-order valence-electron chi connectivity index (χ1n) is 21.0. The van der Waals surface area contributed by atoms with Crippen LogP contribution in [0, 0.1) is 17.8 Å². The number of amides is 4. The Bertz CT molecular complexity index is 2070. The number of rotatable bonds is 10. The smallest absolute Gasteiger partial charge is 0.408 e. The highest BCUT2D eigenvalue weighted by Crippen LogP contribution is 2.46. The van der Waals surface area contributed by atoms with E-state index >= 15 is 0 Å². The summed E-state index contributed by atoms with van der Waals surface area (Å²) in [7, 11) is -2.28. The fourth-order valence-electron chi connectivity index (χ4n) is 9.71. The summed E-state index contributed by atoms with van der Waals surface area (Å²) >= 11 is 0. The predicted molar refractivity (Wildman–Crippen MR) is 213 cm³/mol. The summed E-state index contributed by atoms with van der Waals surface area (Å²) in [6.45, 7) is 6.04. The number of carbonyl (C=O) groups is 4. The zero-order valence-electron chi connectivity index (χ0n) is 33.3. The monoisotopic (exact) mass is 821 g/mol. The fourth-order valence-corrected chi connectivity index (χ4v) is 11.1. The highest BCUT2D eigenvalue weighted by atomic mass is 32.2. The molecule has 8 rings (SSSR count). The molecule has 6 aliphatic rings. The van der Waals surface area contributed by atoms with Crippen molar-refractivity contribution in [1.29, 1.82) is 0 Å². The first-order valence-corrected chi connectivity index (χ1v) is 22.6. The summed E-state index contributed by atoms with van der Waals surface area (Å²) < 4.78 is 52.4. The Balaban J connectivity index is 1.16. The average molecular weight is 822 g/mol. The third-order valence-corrected chi connectivity index (χ3v) is 14.9. The van der Waals surface area contributed by atoms with Crippen molar-refractivity contribution in [2.24, 2.45) is 17.8 Å². The molecule has 4 saturated carbocycles. The molecule has 1 saturated heterocycles. The van der Waals surface area contributed by atoms with Crippen LogP contribution in [-0.4, -0.2) is 97.5 Å². The summed E-state index contributed by atoms with van der Waals surface area (Å²) in [5, 5.41) is 5.90. The van der Waals surface area contributed by atoms with E-state index in [1.807, 2.05) is 19.1 Å². The maximum absolute atomic E-state index is 14.9. The topological polar surface area (TPSA) is 192 Å². The van der Waals surface area contributed by atoms with Crippen molar-refractivity contribution >= 4 is 44.7 Å². The highest BCUT2D eigenvalue weighted by Gasteiger charge is 2.62. The van der Waals surface area contributed by atoms with Crippen LogP contribution < -0.4 is 29.6 Å². The van der Waals surface area contributed by atoms with Crippen molar-refractivity contribution < 1.29 is 46.5 Å². The lowest BCUT2D eigenvalue weighted by Crippen LogP contribution is -2.59. The van der Waals surface area contributed by atoms with Gasteiger partial charge >= 0.3 is 6.09 Å². The van der Waals surface area contributed by atoms with E-state index in [1.54, 1.807) is 13.2 Å². The second-order valence-corrected chi connectivity index (χ2v) is 18.9. The van der Waals surface area contributed by atoms with Crippen molar-refractivity contribution in [3.05, 3.63) is 36.4 Å². The lowest BCUT2D eigenvalue weighted by Gasteiger charge is -2.32. The van der Waals surface area contributed by atoms with Crippen molar-refractivity contribution in [1.82, 2.24) is 25.2 Å². The molecule has 1 aromatic heterocycles. The van der Waals surface area contributed by atoms with Gasteiger partial charge in [-0.1, -0.05) is 18.9 Å². The summed E-state index contributed by atoms with van der Waals surface area (Å²) in [6.07, 6.45) is 9.30. The van der Waals surface area contributed by atoms with E-state index < -0.39 is 68.7 Å². The summed E-state index contributed by atoms with van der Waals surface area (Å²) in [6, 6.07) is 3.54. The first-order chi connectivity index (χ1) is 27.9. The van der Waals surface area contributed by atoms with Gasteiger partial charge in [-0.05, 0) is 101 Å². The number of methoxy groups -OCH3 is 1. The van der Waals surface area contributed by atoms with Crippen molar-refractivity contribution in [2.75, 3.05) is 20.3 Å². The Morgan fingerprint density at radius 3 is 2.50 bits per heavy atom. The van der Waals surface area contributed by atoms with E-state index in [2.05, 4.69) is 21.9 Å². The fraction of sp³-hybridized carbons (Fsp3) is 0.643. The molecule has 5 fully saturated rings. The third-order valence-electron chi connectivity index (χ3n) is 13.1. The van der Waals surface area contributed by atoms with Gasteiger partial charge in [0.05, 0.1) is 31.0 Å². The minimum absolute atomic E-state index is 0.00148. The van der Waals surface area contributed by atoms with Gasteiger partial charge in [0.1, 0.15) is 41.3 Å². The van der Waals surface area contributed by atoms with E-state index in [-0.39, 0.29) is 37.3 Å². The Kier molecular flexibility index (Phi) is 11.2. The lowest BCUT2D eigenvalue weighted by atomic mass is 9.95. The van der Waals surface area contributed by atoms with Crippen molar-refractivity contribution in [2.45, 2.75) is 132 Å². The SMILES string of the molecule is C=C[C@H]1C[C@@]1(NC(=O)[C@@H]1C[C@@H]2CN1C(=O)[C@H](C1CCCC1)NC(=O)O[C@@H]1CCC[C@H]1CCCc1cc3c(cc(OCC)nc3cc1OC)O2)C(=O)NS(=O)(=O)C1CC1. The van der Waals surface area contributed by atoms with Crippen LogP contribution in [0.25, 0.3) is 10.9 Å². The van der Waals surface area contributed by atoms with Crippen molar-refractivity contribution in [3.8, 4) is 17.4 Å². The maximum Gasteiger partial charge on any atom is 0.408 e. The zero-order valence-corrected chi connectivity index (χ0v) is 34.2. The van der Waals surface area contributed by atoms with E-state index in [1.165, 1.54) is 11.0 Å². The van der Waals surface area contributed by atoms with E-state index in [4.69, 9.17) is 23.9 Å². The van der Waals surface area contributed by atoms with E-state index in [0.29, 0.717) is 48.8 Å². The number of ether oxygens (including phenoxy) is 4. The van der Waals surface area contributed by atoms with Crippen molar-refractivity contribution in [3.63, 3.8) is 0 Å². The molecular weight excluding hydrogens is 767 g/mol. The Hall–Kier alpha value is -4.60. The molecule has 7 atom stereocenters. The van der Waals surface area contributed by atoms with Gasteiger partial charge in [-0.3, -0.25) is 19.1 Å². The molecule has 3 N–H and O–H groups in total. The number of carbonyl (C=O) groups excluding carboxylic acids is 4. The van der Waals surface area contributed by atoms with Gasteiger partial charge < -0.3 is 34.5 Å². The average Bonchev–Trinajstić information content (AvgIpc) is 3.99. The Labute approximate surface area is 339 Å². The highest BCUT2D eigenvalue weighted by molar-refractivity contribution is 7.91. The van der Waals surface area contributed by atoms with Gasteiger partial charge in [0.15, 0.2) is 0 Å². The number of aryl methyl sites for hydroxylation is 1. The summed E-state index contributed by atoms with van der Waals surface area (Å²) in [4.78, 5) is 63.0. The van der Waals surface area contributed by atoms with Crippen LogP contribution in [0.2, 0.25) is 0 Å². The predicted octanol–water partition coefficient (Wildman–Crippen LogP) is 4.45. The number of pyridine rings is 1. The molecule has 314 valence electrons. The van der Waals surface area contributed by atoms with Crippen LogP contribution in [0.4, 0.5) is 4.79 Å². The van der Waals surface area contributed by atoms with Gasteiger partial charge in [0, 0.05) is 29.9 Å². The van der Waals surface area contributed by atoms with Crippen LogP contribution in [0.3, 0.4) is 0 Å². The molecule has 0 spiro atoms. The van der Waals surface area contributed by atoms with Gasteiger partial charge in [-0.2, -0.15) is 0 Å². The molecule has 2 aromatic rings. The largest absolute Gasteiger partial charge is 0.496 e. The first kappa shape index (κ1) is 40.2. The van der Waals surface area contributed by atoms with Crippen LogP contribution >= 0.6 is 0 Å². The van der Waals surface area contributed by atoms with Crippen LogP contribution in [0.5, 0.6) is 17.4 Å². The van der Waals surface area contributed by atoms with Crippen LogP contribution in [-0.2, 0) is 35.6 Å². The zero-order chi connectivity index (χ0) is 40.8. The number of aromatic nitrogens is 1. The van der Waals surface area contributed by atoms with Gasteiger partial charge in [0.2, 0.25) is 27.7 Å². The number of hydrogen-bond acceptors (Lipinski definition) is 11. The molecule has 2 aliphatic heterocycles. The van der Waals surface area contributed by atoms with Crippen LogP contribution in [0.1, 0.15) is 96.0 Å². The minimum Gasteiger partial charge on any atom is -0.496 e. The normalized spacial score (nSPS) is 30.3. The number of sulfonamides is 1. The summed E-state index contributed by atoms with van der Waals surface area (Å²) in [5.41, 5.74) is 0.0190. The quantitative estimate of drug-likeness (QED) is 0.287. The molecule has 16 heteroatoms. The van der Waals surface area contributed by atoms with Crippen LogP contribution in [0.15, 0.2) is 30.9 Å². The number of nitrogens with one attached hydrogen (secondary N) is 3. The molecule has 0 unspecified atom stereocenters. The number of fused-ring (bicyclic) bond motifs is 4. The number of hydrogen-bond donors (Lipinski definition) is 3. The number of alkyl carbamates (subject to hydrolysis) is 1. The lowest BCUT2D eigenvalue weighted by molar-refractivity contribution is -0.142. The number of benzene rings is 1. The van der Waals surface area contributed by atoms with Gasteiger partial charge in [0.25, 0.3) is 5.91 Å². The molecule has 0 radical (unpaired) electrons. The molecule has 1 aromatic carbocycles. The van der Waals surface area contributed by atoms with Gasteiger partial charge in [-0.15, -0.1) is 6.58 Å². The Morgan fingerprint density at radius 2 is 1.79 bits per heavy atom. The second kappa shape index (κ2) is 16.2. The van der Waals surface area contributed by atoms with E-state index in [0.717, 1.165) is 68.7 Å². The summed E-state index contributed by atoms with van der Waals surface area (Å²) in [5.74, 6) is -0.908. The second-order valence-electron chi connectivity index (χ2n) is 16.9. The van der Waals surface area contributed by atoms with Gasteiger partial charge in [-0.25, -0.2) is 18.2 Å². The molecule has 4 aliphatic carbocycles. The maximum atomic E-state index is 14.9. The standard InChI is InChI=1S/C42H55N5O10S/c1-4-27-22-42(27,40(50)46-58(52,53)29-16-17-29)45-38(48)32-19-28-23-47(32)39(49)37(25-10-6-7-11-25)44-41(51)57-33-15-9-13-24(33)12-8-14-26-18-30-31(20-34(26)54-3)43-36(55-5-2)21-35(30)56-28/h4,18,20-21,24-25,27-29,32-33,37H,1,5-17,19,22-23H2,2-3H3,(H,44,51)(H,45,48)(H,46,50)/t24-,27+,28-,32+,33-,37+,42+/m1/s1.